The van der Waals surface area contributed by atoms with E-state index in [9.17, 15) is 4.79 Å². The molecule has 0 aliphatic carbocycles. The summed E-state index contributed by atoms with van der Waals surface area (Å²) in [5.74, 6) is 0.671. The molecule has 4 rings (SSSR count). The molecule has 0 aliphatic heterocycles. The SMILES string of the molecule is CCc1ccccc1-n1c(-c2ccccc2)nc2ccccc2c1=O. The number of para-hydroxylation sites is 2. The lowest BCUT2D eigenvalue weighted by molar-refractivity contribution is 0.946. The molecular formula is C22H18N2O. The van der Waals surface area contributed by atoms with Crippen molar-refractivity contribution in [2.24, 2.45) is 0 Å². The molecule has 1 heterocycles. The summed E-state index contributed by atoms with van der Waals surface area (Å²) in [6, 6.07) is 25.4. The van der Waals surface area contributed by atoms with Crippen molar-refractivity contribution in [1.29, 1.82) is 0 Å². The lowest BCUT2D eigenvalue weighted by Gasteiger charge is -2.16. The summed E-state index contributed by atoms with van der Waals surface area (Å²) in [7, 11) is 0. The van der Waals surface area contributed by atoms with Crippen LogP contribution in [0.1, 0.15) is 12.5 Å². The predicted octanol–water partition coefficient (Wildman–Crippen LogP) is 4.62. The maximum absolute atomic E-state index is 13.3. The molecule has 122 valence electrons. The van der Waals surface area contributed by atoms with Crippen molar-refractivity contribution in [2.75, 3.05) is 0 Å². The highest BCUT2D eigenvalue weighted by Crippen LogP contribution is 2.24. The number of fused-ring (bicyclic) bond motifs is 1. The van der Waals surface area contributed by atoms with Gasteiger partial charge in [0.1, 0.15) is 5.82 Å². The molecule has 0 N–H and O–H groups in total. The van der Waals surface area contributed by atoms with Crippen molar-refractivity contribution in [3.63, 3.8) is 0 Å². The van der Waals surface area contributed by atoms with E-state index in [-0.39, 0.29) is 5.56 Å². The number of nitrogens with zero attached hydrogens (tertiary/aromatic N) is 2. The van der Waals surface area contributed by atoms with E-state index in [2.05, 4.69) is 13.0 Å². The molecule has 0 atom stereocenters. The highest BCUT2D eigenvalue weighted by molar-refractivity contribution is 5.80. The van der Waals surface area contributed by atoms with Gasteiger partial charge in [-0.3, -0.25) is 9.36 Å². The minimum Gasteiger partial charge on any atom is -0.268 e. The van der Waals surface area contributed by atoms with E-state index in [4.69, 9.17) is 4.98 Å². The summed E-state index contributed by atoms with van der Waals surface area (Å²) in [6.45, 7) is 2.10. The maximum Gasteiger partial charge on any atom is 0.266 e. The minimum atomic E-state index is -0.0367. The van der Waals surface area contributed by atoms with E-state index in [0.717, 1.165) is 28.8 Å². The zero-order chi connectivity index (χ0) is 17.2. The molecule has 0 bridgehead atoms. The van der Waals surface area contributed by atoms with Gasteiger partial charge in [-0.1, -0.05) is 67.6 Å². The van der Waals surface area contributed by atoms with Crippen LogP contribution in [0.4, 0.5) is 0 Å². The molecule has 0 saturated heterocycles. The number of rotatable bonds is 3. The third-order valence-electron chi connectivity index (χ3n) is 4.42. The molecule has 25 heavy (non-hydrogen) atoms. The van der Waals surface area contributed by atoms with E-state index in [1.165, 1.54) is 0 Å². The van der Waals surface area contributed by atoms with E-state index >= 15 is 0 Å². The van der Waals surface area contributed by atoms with Crippen LogP contribution in [-0.2, 0) is 6.42 Å². The molecule has 0 fully saturated rings. The minimum absolute atomic E-state index is 0.0367. The zero-order valence-corrected chi connectivity index (χ0v) is 14.0. The molecule has 0 amide bonds. The van der Waals surface area contributed by atoms with E-state index in [0.29, 0.717) is 11.2 Å². The fraction of sp³-hybridized carbons (Fsp3) is 0.0909. The first-order valence-corrected chi connectivity index (χ1v) is 8.45. The summed E-state index contributed by atoms with van der Waals surface area (Å²) in [4.78, 5) is 18.1. The van der Waals surface area contributed by atoms with Crippen LogP contribution in [0.2, 0.25) is 0 Å². The zero-order valence-electron chi connectivity index (χ0n) is 14.0. The molecule has 0 spiro atoms. The molecule has 3 nitrogen and oxygen atoms in total. The van der Waals surface area contributed by atoms with Crippen LogP contribution in [0.5, 0.6) is 0 Å². The number of benzene rings is 3. The molecule has 1 aromatic heterocycles. The van der Waals surface area contributed by atoms with Gasteiger partial charge in [0.25, 0.3) is 5.56 Å². The van der Waals surface area contributed by atoms with Gasteiger partial charge in [-0.15, -0.1) is 0 Å². The van der Waals surface area contributed by atoms with Gasteiger partial charge in [0.05, 0.1) is 16.6 Å². The largest absolute Gasteiger partial charge is 0.268 e. The van der Waals surface area contributed by atoms with Crippen LogP contribution in [-0.4, -0.2) is 9.55 Å². The summed E-state index contributed by atoms with van der Waals surface area (Å²) in [5.41, 5.74) is 3.63. The second-order valence-corrected chi connectivity index (χ2v) is 5.94. The van der Waals surface area contributed by atoms with Crippen LogP contribution in [0.3, 0.4) is 0 Å². The Balaban J connectivity index is 2.15. The third-order valence-corrected chi connectivity index (χ3v) is 4.42. The van der Waals surface area contributed by atoms with Gasteiger partial charge < -0.3 is 0 Å². The Morgan fingerprint density at radius 1 is 0.840 bits per heavy atom. The first kappa shape index (κ1) is 15.3. The molecule has 0 saturated carbocycles. The van der Waals surface area contributed by atoms with Crippen LogP contribution in [0.15, 0.2) is 83.7 Å². The molecule has 0 radical (unpaired) electrons. The van der Waals surface area contributed by atoms with Crippen LogP contribution in [0, 0.1) is 0 Å². The monoisotopic (exact) mass is 326 g/mol. The summed E-state index contributed by atoms with van der Waals surface area (Å²) >= 11 is 0. The lowest BCUT2D eigenvalue weighted by Crippen LogP contribution is -2.23. The average molecular weight is 326 g/mol. The summed E-state index contributed by atoms with van der Waals surface area (Å²) < 4.78 is 1.75. The molecule has 0 aliphatic rings. The van der Waals surface area contributed by atoms with Crippen molar-refractivity contribution >= 4 is 10.9 Å². The lowest BCUT2D eigenvalue weighted by atomic mass is 10.1. The maximum atomic E-state index is 13.3. The van der Waals surface area contributed by atoms with Crippen molar-refractivity contribution in [2.45, 2.75) is 13.3 Å². The van der Waals surface area contributed by atoms with Crippen LogP contribution in [0.25, 0.3) is 28.0 Å². The topological polar surface area (TPSA) is 34.9 Å². The molecule has 3 aromatic carbocycles. The quantitative estimate of drug-likeness (QED) is 0.551. The van der Waals surface area contributed by atoms with Gasteiger partial charge >= 0.3 is 0 Å². The average Bonchev–Trinajstić information content (AvgIpc) is 2.68. The Morgan fingerprint density at radius 3 is 2.32 bits per heavy atom. The van der Waals surface area contributed by atoms with Gasteiger partial charge in [-0.05, 0) is 30.2 Å². The van der Waals surface area contributed by atoms with E-state index in [1.807, 2.05) is 72.8 Å². The molecule has 0 unspecified atom stereocenters. The first-order chi connectivity index (χ1) is 12.3. The second kappa shape index (κ2) is 6.36. The fourth-order valence-corrected chi connectivity index (χ4v) is 3.17. The normalized spacial score (nSPS) is 10.9. The van der Waals surface area contributed by atoms with Crippen molar-refractivity contribution in [1.82, 2.24) is 9.55 Å². The Kier molecular flexibility index (Phi) is 3.90. The first-order valence-electron chi connectivity index (χ1n) is 8.45. The predicted molar refractivity (Wildman–Crippen MR) is 102 cm³/mol. The third kappa shape index (κ3) is 2.64. The highest BCUT2D eigenvalue weighted by Gasteiger charge is 2.15. The van der Waals surface area contributed by atoms with Crippen molar-refractivity contribution < 1.29 is 0 Å². The molecular weight excluding hydrogens is 308 g/mol. The fourth-order valence-electron chi connectivity index (χ4n) is 3.17. The van der Waals surface area contributed by atoms with E-state index < -0.39 is 0 Å². The van der Waals surface area contributed by atoms with Gasteiger partial charge in [0, 0.05) is 5.56 Å². The van der Waals surface area contributed by atoms with Crippen molar-refractivity contribution in [3.8, 4) is 17.1 Å². The Labute approximate surface area is 146 Å². The van der Waals surface area contributed by atoms with Gasteiger partial charge in [0.2, 0.25) is 0 Å². The highest BCUT2D eigenvalue weighted by atomic mass is 16.1. The standard InChI is InChI=1S/C22H18N2O/c1-2-16-10-6-9-15-20(16)24-21(17-11-4-3-5-12-17)23-19-14-8-7-13-18(19)22(24)25/h3-15H,2H2,1H3. The van der Waals surface area contributed by atoms with Gasteiger partial charge in [-0.2, -0.15) is 0 Å². The number of hydrogen-bond donors (Lipinski definition) is 0. The number of aryl methyl sites for hydroxylation is 1. The number of hydrogen-bond acceptors (Lipinski definition) is 2. The summed E-state index contributed by atoms with van der Waals surface area (Å²) in [5, 5.41) is 0.632. The number of aromatic nitrogens is 2. The van der Waals surface area contributed by atoms with Crippen LogP contribution < -0.4 is 5.56 Å². The van der Waals surface area contributed by atoms with Crippen molar-refractivity contribution in [3.05, 3.63) is 94.8 Å². The van der Waals surface area contributed by atoms with Gasteiger partial charge in [0.15, 0.2) is 0 Å². The van der Waals surface area contributed by atoms with E-state index in [1.54, 1.807) is 4.57 Å². The smallest absolute Gasteiger partial charge is 0.266 e. The Bertz CT molecular complexity index is 1100. The molecule has 4 aromatic rings. The second-order valence-electron chi connectivity index (χ2n) is 5.94. The van der Waals surface area contributed by atoms with Crippen LogP contribution >= 0.6 is 0 Å². The van der Waals surface area contributed by atoms with Gasteiger partial charge in [-0.25, -0.2) is 4.98 Å². The molecule has 3 heteroatoms. The summed E-state index contributed by atoms with van der Waals surface area (Å²) in [6.07, 6.45) is 0.851. The Hall–Kier alpha value is -3.20. The Morgan fingerprint density at radius 2 is 1.52 bits per heavy atom.